The van der Waals surface area contributed by atoms with Gasteiger partial charge in [-0.15, -0.1) is 11.3 Å². The largest absolute Gasteiger partial charge is 0.309 e. The molecule has 13 rings (SSSR count). The summed E-state index contributed by atoms with van der Waals surface area (Å²) < 4.78 is 5.01. The summed E-state index contributed by atoms with van der Waals surface area (Å²) in [6.07, 6.45) is 6.43. The normalized spacial score (nSPS) is 13.3. The lowest BCUT2D eigenvalue weighted by molar-refractivity contribution is 0.445. The van der Waals surface area contributed by atoms with Gasteiger partial charge in [-0.2, -0.15) is 0 Å². The van der Waals surface area contributed by atoms with Gasteiger partial charge in [0, 0.05) is 53.3 Å². The van der Waals surface area contributed by atoms with Crippen LogP contribution in [0.15, 0.2) is 224 Å². The van der Waals surface area contributed by atoms with Gasteiger partial charge in [-0.3, -0.25) is 0 Å². The molecular formula is C64H48N2S. The number of aromatic nitrogens is 1. The van der Waals surface area contributed by atoms with Gasteiger partial charge in [0.15, 0.2) is 0 Å². The fraction of sp³-hybridized carbons (Fsp3) is 0.0938. The average Bonchev–Trinajstić information content (AvgIpc) is 3.95. The van der Waals surface area contributed by atoms with Gasteiger partial charge in [0.25, 0.3) is 0 Å². The Morgan fingerprint density at radius 3 is 1.70 bits per heavy atom. The summed E-state index contributed by atoms with van der Waals surface area (Å²) in [7, 11) is 0. The molecule has 1 saturated carbocycles. The Hall–Kier alpha value is -7.72. The Balaban J connectivity index is 1.08. The highest BCUT2D eigenvalue weighted by molar-refractivity contribution is 7.25. The van der Waals surface area contributed by atoms with Crippen LogP contribution in [0.2, 0.25) is 0 Å². The van der Waals surface area contributed by atoms with Gasteiger partial charge in [-0.1, -0.05) is 183 Å². The molecule has 1 aliphatic carbocycles. The third-order valence-electron chi connectivity index (χ3n) is 14.4. The number of thiophene rings is 1. The zero-order valence-electron chi connectivity index (χ0n) is 37.3. The molecule has 1 aliphatic rings. The molecule has 0 radical (unpaired) electrons. The van der Waals surface area contributed by atoms with Crippen molar-refractivity contribution in [2.75, 3.05) is 4.90 Å². The molecule has 0 atom stereocenters. The van der Waals surface area contributed by atoms with Crippen molar-refractivity contribution >= 4 is 81.1 Å². The summed E-state index contributed by atoms with van der Waals surface area (Å²) in [4.78, 5) is 2.58. The zero-order chi connectivity index (χ0) is 44.3. The molecule has 2 nitrogen and oxygen atoms in total. The second-order valence-electron chi connectivity index (χ2n) is 18.2. The van der Waals surface area contributed by atoms with Crippen molar-refractivity contribution in [2.45, 2.75) is 38.0 Å². The van der Waals surface area contributed by atoms with Crippen LogP contribution in [0.5, 0.6) is 0 Å². The molecular weight excluding hydrogens is 829 g/mol. The van der Waals surface area contributed by atoms with E-state index >= 15 is 0 Å². The number of nitrogens with zero attached hydrogens (tertiary/aromatic N) is 2. The molecule has 0 amide bonds. The van der Waals surface area contributed by atoms with Crippen molar-refractivity contribution in [3.63, 3.8) is 0 Å². The molecule has 0 saturated heterocycles. The monoisotopic (exact) mass is 876 g/mol. The van der Waals surface area contributed by atoms with Crippen molar-refractivity contribution in [3.8, 4) is 39.1 Å². The standard InChI is InChI=1S/C64H48N2S/c1-3-20-43(21-4-1)48-31-17-22-44-23-18-32-52(63(44)48)49-27-8-14-36-58(49)66(59-37-15-9-28-50(59)53-33-19-39-62-64(53)54-30-11-16-38-61(54)67-62)56-34-12-7-26-47(56)45-40-41-60-55(42-45)51-29-10-13-35-57(51)65(60)46-24-5-2-6-25-46/h2,5-19,22-43H,1,3-4,20-21H2. The van der Waals surface area contributed by atoms with Crippen LogP contribution in [0, 0.1) is 0 Å². The van der Waals surface area contributed by atoms with Gasteiger partial charge in [0.05, 0.1) is 28.1 Å². The Morgan fingerprint density at radius 1 is 0.388 bits per heavy atom. The molecule has 1 fully saturated rings. The van der Waals surface area contributed by atoms with E-state index in [2.05, 4.69) is 234 Å². The molecule has 0 spiro atoms. The topological polar surface area (TPSA) is 8.17 Å². The van der Waals surface area contributed by atoms with E-state index in [1.54, 1.807) is 0 Å². The highest BCUT2D eigenvalue weighted by Crippen LogP contribution is 2.51. The lowest BCUT2D eigenvalue weighted by Crippen LogP contribution is -2.14. The van der Waals surface area contributed by atoms with Gasteiger partial charge in [-0.25, -0.2) is 0 Å². The van der Waals surface area contributed by atoms with Crippen molar-refractivity contribution in [1.29, 1.82) is 0 Å². The quantitative estimate of drug-likeness (QED) is 0.148. The predicted molar refractivity (Wildman–Crippen MR) is 288 cm³/mol. The number of benzene rings is 10. The summed E-state index contributed by atoms with van der Waals surface area (Å²) in [5.41, 5.74) is 15.8. The van der Waals surface area contributed by atoms with E-state index in [1.807, 2.05) is 11.3 Å². The van der Waals surface area contributed by atoms with Crippen LogP contribution in [-0.4, -0.2) is 4.57 Å². The van der Waals surface area contributed by atoms with Gasteiger partial charge in [0.2, 0.25) is 0 Å². The van der Waals surface area contributed by atoms with Crippen LogP contribution in [0.4, 0.5) is 17.1 Å². The minimum absolute atomic E-state index is 0.562. The molecule has 0 unspecified atom stereocenters. The molecule has 0 bridgehead atoms. The summed E-state index contributed by atoms with van der Waals surface area (Å²) in [6, 6.07) is 83.7. The second kappa shape index (κ2) is 16.6. The smallest absolute Gasteiger partial charge is 0.0541 e. The molecule has 2 aromatic heterocycles. The summed E-state index contributed by atoms with van der Waals surface area (Å²) in [6.45, 7) is 0. The fourth-order valence-electron chi connectivity index (χ4n) is 11.4. The van der Waals surface area contributed by atoms with Gasteiger partial charge < -0.3 is 9.47 Å². The van der Waals surface area contributed by atoms with E-state index in [0.29, 0.717) is 5.92 Å². The molecule has 2 heterocycles. The number of rotatable bonds is 8. The maximum atomic E-state index is 2.58. The Bertz CT molecular complexity index is 3810. The molecule has 3 heteroatoms. The average molecular weight is 877 g/mol. The van der Waals surface area contributed by atoms with E-state index < -0.39 is 0 Å². The van der Waals surface area contributed by atoms with Crippen LogP contribution < -0.4 is 4.90 Å². The lowest BCUT2D eigenvalue weighted by atomic mass is 9.80. The van der Waals surface area contributed by atoms with E-state index in [4.69, 9.17) is 0 Å². The highest BCUT2D eigenvalue weighted by Gasteiger charge is 2.27. The van der Waals surface area contributed by atoms with Crippen LogP contribution in [0.25, 0.3) is 91.8 Å². The van der Waals surface area contributed by atoms with Gasteiger partial charge in [0.1, 0.15) is 0 Å². The van der Waals surface area contributed by atoms with Crippen molar-refractivity contribution in [2.24, 2.45) is 0 Å². The van der Waals surface area contributed by atoms with Gasteiger partial charge in [-0.05, 0) is 112 Å². The van der Waals surface area contributed by atoms with E-state index in [0.717, 1.165) is 22.7 Å². The molecule has 67 heavy (non-hydrogen) atoms. The summed E-state index contributed by atoms with van der Waals surface area (Å²) in [5.74, 6) is 0.562. The Morgan fingerprint density at radius 2 is 0.940 bits per heavy atom. The summed E-state index contributed by atoms with van der Waals surface area (Å²) in [5, 5.41) is 7.79. The first-order chi connectivity index (χ1) is 33.3. The molecule has 320 valence electrons. The number of para-hydroxylation sites is 5. The van der Waals surface area contributed by atoms with Crippen LogP contribution in [0.3, 0.4) is 0 Å². The minimum Gasteiger partial charge on any atom is -0.309 e. The highest BCUT2D eigenvalue weighted by atomic mass is 32.1. The number of anilines is 3. The van der Waals surface area contributed by atoms with Crippen molar-refractivity contribution in [1.82, 2.24) is 4.57 Å². The van der Waals surface area contributed by atoms with Crippen LogP contribution >= 0.6 is 11.3 Å². The maximum absolute atomic E-state index is 2.58. The first-order valence-corrected chi connectivity index (χ1v) is 24.7. The third kappa shape index (κ3) is 6.68. The molecule has 0 aliphatic heterocycles. The first kappa shape index (κ1) is 39.6. The summed E-state index contributed by atoms with van der Waals surface area (Å²) >= 11 is 1.88. The SMILES string of the molecule is c1ccc(-n2c3ccccc3c3cc(-c4ccccc4N(c4ccccc4-c4cccc5cccc(C6CCCCC6)c45)c4ccccc4-c4cccc5sc6ccccc6c45)ccc32)cc1. The van der Waals surface area contributed by atoms with Crippen LogP contribution in [-0.2, 0) is 0 Å². The fourth-order valence-corrected chi connectivity index (χ4v) is 12.6. The Labute approximate surface area is 395 Å². The number of hydrogen-bond donors (Lipinski definition) is 0. The van der Waals surface area contributed by atoms with Crippen LogP contribution in [0.1, 0.15) is 43.6 Å². The van der Waals surface area contributed by atoms with E-state index in [9.17, 15) is 0 Å². The van der Waals surface area contributed by atoms with E-state index in [-0.39, 0.29) is 0 Å². The predicted octanol–water partition coefficient (Wildman–Crippen LogP) is 18.8. The molecule has 0 N–H and O–H groups in total. The third-order valence-corrected chi connectivity index (χ3v) is 15.5. The maximum Gasteiger partial charge on any atom is 0.0541 e. The minimum atomic E-state index is 0.562. The zero-order valence-corrected chi connectivity index (χ0v) is 38.1. The van der Waals surface area contributed by atoms with Crippen molar-refractivity contribution < 1.29 is 0 Å². The number of hydrogen-bond acceptors (Lipinski definition) is 2. The second-order valence-corrected chi connectivity index (χ2v) is 19.3. The molecule has 10 aromatic carbocycles. The number of fused-ring (bicyclic) bond motifs is 7. The molecule has 12 aromatic rings. The lowest BCUT2D eigenvalue weighted by Gasteiger charge is -2.32. The van der Waals surface area contributed by atoms with Gasteiger partial charge >= 0.3 is 0 Å². The van der Waals surface area contributed by atoms with Crippen molar-refractivity contribution in [3.05, 3.63) is 230 Å². The Kier molecular flexibility index (Phi) is 9.83. The first-order valence-electron chi connectivity index (χ1n) is 23.9. The van der Waals surface area contributed by atoms with E-state index in [1.165, 1.54) is 124 Å².